The molecule has 0 aliphatic carbocycles. The largest absolute Gasteiger partial charge is 0.389 e. The fourth-order valence-electron chi connectivity index (χ4n) is 1.45. The molecule has 0 unspecified atom stereocenters. The second-order valence-corrected chi connectivity index (χ2v) is 7.66. The summed E-state index contributed by atoms with van der Waals surface area (Å²) in [6.07, 6.45) is 0. The molecule has 1 aromatic heterocycles. The van der Waals surface area contributed by atoms with Crippen molar-refractivity contribution in [2.45, 2.75) is 4.21 Å². The van der Waals surface area contributed by atoms with Gasteiger partial charge in [-0.05, 0) is 39.5 Å². The van der Waals surface area contributed by atoms with Crippen LogP contribution in [-0.4, -0.2) is 13.4 Å². The molecule has 0 atom stereocenters. The van der Waals surface area contributed by atoms with Crippen LogP contribution in [0.2, 0.25) is 0 Å². The van der Waals surface area contributed by atoms with E-state index in [1.807, 2.05) is 0 Å². The van der Waals surface area contributed by atoms with Gasteiger partial charge in [0.25, 0.3) is 10.0 Å². The summed E-state index contributed by atoms with van der Waals surface area (Å²) in [7, 11) is -3.65. The van der Waals surface area contributed by atoms with Gasteiger partial charge in [-0.2, -0.15) is 0 Å². The van der Waals surface area contributed by atoms with Crippen molar-refractivity contribution in [3.63, 3.8) is 0 Å². The predicted molar refractivity (Wildman–Crippen MR) is 85.2 cm³/mol. The van der Waals surface area contributed by atoms with Crippen LogP contribution in [0, 0.1) is 0 Å². The van der Waals surface area contributed by atoms with Gasteiger partial charge in [0.05, 0.1) is 5.69 Å². The number of hydrogen-bond acceptors (Lipinski definition) is 4. The SMILES string of the molecule is NC(=S)c1ccccc1NS(=O)(=O)c1sccc1Br. The molecule has 2 rings (SSSR count). The van der Waals surface area contributed by atoms with E-state index in [-0.39, 0.29) is 9.20 Å². The van der Waals surface area contributed by atoms with E-state index >= 15 is 0 Å². The molecule has 19 heavy (non-hydrogen) atoms. The van der Waals surface area contributed by atoms with Crippen LogP contribution in [0.4, 0.5) is 5.69 Å². The van der Waals surface area contributed by atoms with Gasteiger partial charge in [-0.3, -0.25) is 4.72 Å². The number of benzene rings is 1. The number of thiocarbonyl (C=S) groups is 1. The van der Waals surface area contributed by atoms with Crippen LogP contribution in [0.15, 0.2) is 44.4 Å². The normalized spacial score (nSPS) is 11.2. The zero-order valence-electron chi connectivity index (χ0n) is 9.46. The molecule has 0 bridgehead atoms. The lowest BCUT2D eigenvalue weighted by Gasteiger charge is -2.10. The molecule has 0 aliphatic heterocycles. The molecule has 1 aromatic carbocycles. The number of halogens is 1. The standard InChI is InChI=1S/C11H9BrN2O2S3/c12-8-5-6-18-11(8)19(15,16)14-9-4-2-1-3-7(9)10(13)17/h1-6,14H,(H2,13,17). The summed E-state index contributed by atoms with van der Waals surface area (Å²) in [5, 5.41) is 1.69. The topological polar surface area (TPSA) is 72.2 Å². The summed E-state index contributed by atoms with van der Waals surface area (Å²) < 4.78 is 27.7. The number of nitrogens with one attached hydrogen (secondary N) is 1. The maximum atomic E-state index is 12.2. The molecular formula is C11H9BrN2O2S3. The Kier molecular flexibility index (Phi) is 4.24. The van der Waals surface area contributed by atoms with E-state index in [0.717, 1.165) is 11.3 Å². The van der Waals surface area contributed by atoms with E-state index in [0.29, 0.717) is 15.7 Å². The van der Waals surface area contributed by atoms with Crippen LogP contribution in [0.3, 0.4) is 0 Å². The minimum absolute atomic E-state index is 0.142. The lowest BCUT2D eigenvalue weighted by atomic mass is 10.2. The van der Waals surface area contributed by atoms with E-state index in [1.54, 1.807) is 35.7 Å². The van der Waals surface area contributed by atoms with E-state index in [2.05, 4.69) is 20.7 Å². The lowest BCUT2D eigenvalue weighted by molar-refractivity contribution is 0.603. The molecule has 0 spiro atoms. The Labute approximate surface area is 128 Å². The highest BCUT2D eigenvalue weighted by Crippen LogP contribution is 2.30. The molecule has 2 aromatic rings. The Bertz CT molecular complexity index is 725. The number of thiophene rings is 1. The first-order valence-electron chi connectivity index (χ1n) is 5.06. The Hall–Kier alpha value is -0.960. The third-order valence-corrected chi connectivity index (χ3v) is 6.52. The molecule has 0 radical (unpaired) electrons. The third kappa shape index (κ3) is 3.14. The summed E-state index contributed by atoms with van der Waals surface area (Å²) in [5.74, 6) is 0. The van der Waals surface area contributed by atoms with Crippen molar-refractivity contribution in [2.75, 3.05) is 4.72 Å². The molecule has 0 fully saturated rings. The zero-order valence-corrected chi connectivity index (χ0v) is 13.5. The van der Waals surface area contributed by atoms with Crippen molar-refractivity contribution in [1.29, 1.82) is 0 Å². The first-order chi connectivity index (χ1) is 8.92. The van der Waals surface area contributed by atoms with Crippen molar-refractivity contribution >= 4 is 60.2 Å². The lowest BCUT2D eigenvalue weighted by Crippen LogP contribution is -2.17. The molecule has 0 amide bonds. The summed E-state index contributed by atoms with van der Waals surface area (Å²) in [5.41, 5.74) is 6.44. The van der Waals surface area contributed by atoms with Gasteiger partial charge in [-0.25, -0.2) is 8.42 Å². The molecule has 8 heteroatoms. The number of hydrogen-bond donors (Lipinski definition) is 2. The zero-order chi connectivity index (χ0) is 14.0. The highest BCUT2D eigenvalue weighted by molar-refractivity contribution is 9.10. The van der Waals surface area contributed by atoms with E-state index in [4.69, 9.17) is 18.0 Å². The smallest absolute Gasteiger partial charge is 0.272 e. The van der Waals surface area contributed by atoms with Gasteiger partial charge in [0.2, 0.25) is 0 Å². The van der Waals surface area contributed by atoms with Gasteiger partial charge >= 0.3 is 0 Å². The van der Waals surface area contributed by atoms with Crippen LogP contribution in [0.1, 0.15) is 5.56 Å². The Morgan fingerprint density at radius 1 is 1.32 bits per heavy atom. The molecule has 0 saturated heterocycles. The van der Waals surface area contributed by atoms with Crippen LogP contribution >= 0.6 is 39.5 Å². The van der Waals surface area contributed by atoms with Gasteiger partial charge in [-0.15, -0.1) is 11.3 Å². The molecule has 4 nitrogen and oxygen atoms in total. The summed E-state index contributed by atoms with van der Waals surface area (Å²) in [4.78, 5) is 0.142. The highest BCUT2D eigenvalue weighted by Gasteiger charge is 2.20. The van der Waals surface area contributed by atoms with Gasteiger partial charge in [-0.1, -0.05) is 24.4 Å². The number of sulfonamides is 1. The second-order valence-electron chi connectivity index (χ2n) is 3.57. The maximum Gasteiger partial charge on any atom is 0.272 e. The Balaban J connectivity index is 2.42. The second kappa shape index (κ2) is 5.58. The Morgan fingerprint density at radius 2 is 2.00 bits per heavy atom. The van der Waals surface area contributed by atoms with Gasteiger partial charge in [0.1, 0.15) is 4.99 Å². The summed E-state index contributed by atoms with van der Waals surface area (Å²) in [6, 6.07) is 8.42. The number of nitrogens with two attached hydrogens (primary N) is 1. The number of rotatable bonds is 4. The average molecular weight is 377 g/mol. The van der Waals surface area contributed by atoms with E-state index in [1.165, 1.54) is 0 Å². The monoisotopic (exact) mass is 376 g/mol. The molecule has 1 heterocycles. The number of anilines is 1. The first-order valence-corrected chi connectivity index (χ1v) is 8.63. The van der Waals surface area contributed by atoms with Crippen LogP contribution in [0.5, 0.6) is 0 Å². The van der Waals surface area contributed by atoms with Crippen LogP contribution in [0.25, 0.3) is 0 Å². The number of para-hydroxylation sites is 1. The fourth-order valence-corrected chi connectivity index (χ4v) is 5.05. The predicted octanol–water partition coefficient (Wildman–Crippen LogP) is 2.95. The van der Waals surface area contributed by atoms with Crippen LogP contribution < -0.4 is 10.5 Å². The van der Waals surface area contributed by atoms with E-state index in [9.17, 15) is 8.42 Å². The molecule has 0 saturated carbocycles. The highest BCUT2D eigenvalue weighted by atomic mass is 79.9. The van der Waals surface area contributed by atoms with Gasteiger partial charge in [0, 0.05) is 10.0 Å². The van der Waals surface area contributed by atoms with Crippen molar-refractivity contribution < 1.29 is 8.42 Å². The van der Waals surface area contributed by atoms with Gasteiger partial charge < -0.3 is 5.73 Å². The van der Waals surface area contributed by atoms with Gasteiger partial charge in [0.15, 0.2) is 4.21 Å². The van der Waals surface area contributed by atoms with Crippen molar-refractivity contribution in [1.82, 2.24) is 0 Å². The minimum Gasteiger partial charge on any atom is -0.389 e. The van der Waals surface area contributed by atoms with Crippen molar-refractivity contribution in [3.8, 4) is 0 Å². The molecule has 100 valence electrons. The molecule has 3 N–H and O–H groups in total. The average Bonchev–Trinajstić information content (AvgIpc) is 2.76. The minimum atomic E-state index is -3.65. The maximum absolute atomic E-state index is 12.2. The summed E-state index contributed by atoms with van der Waals surface area (Å²) in [6.45, 7) is 0. The Morgan fingerprint density at radius 3 is 2.58 bits per heavy atom. The molecule has 0 aliphatic rings. The van der Waals surface area contributed by atoms with Crippen LogP contribution in [-0.2, 0) is 10.0 Å². The first kappa shape index (κ1) is 14.4. The third-order valence-electron chi connectivity index (χ3n) is 2.27. The van der Waals surface area contributed by atoms with Crippen molar-refractivity contribution in [3.05, 3.63) is 45.7 Å². The quantitative estimate of drug-likeness (QED) is 0.804. The van der Waals surface area contributed by atoms with E-state index < -0.39 is 10.0 Å². The molecular weight excluding hydrogens is 368 g/mol. The summed E-state index contributed by atoms with van der Waals surface area (Å²) >= 11 is 9.23. The van der Waals surface area contributed by atoms with Crippen molar-refractivity contribution in [2.24, 2.45) is 5.73 Å². The fraction of sp³-hybridized carbons (Fsp3) is 0.